The van der Waals surface area contributed by atoms with Crippen molar-refractivity contribution in [1.29, 1.82) is 0 Å². The number of rotatable bonds is 3. The molecule has 25 heavy (non-hydrogen) atoms. The Labute approximate surface area is 148 Å². The van der Waals surface area contributed by atoms with Crippen molar-refractivity contribution in [1.82, 2.24) is 19.9 Å². The number of hydrogen-bond donors (Lipinski definition) is 0. The summed E-state index contributed by atoms with van der Waals surface area (Å²) < 4.78 is 5.18. The zero-order valence-electron chi connectivity index (χ0n) is 15.6. The van der Waals surface area contributed by atoms with Crippen LogP contribution in [0.1, 0.15) is 36.3 Å². The first kappa shape index (κ1) is 17.8. The van der Waals surface area contributed by atoms with E-state index in [9.17, 15) is 9.59 Å². The Kier molecular flexibility index (Phi) is 5.01. The maximum atomic E-state index is 12.8. The third kappa shape index (κ3) is 3.65. The van der Waals surface area contributed by atoms with Crippen LogP contribution < -0.4 is 0 Å². The van der Waals surface area contributed by atoms with Crippen LogP contribution >= 0.6 is 0 Å². The predicted octanol–water partition coefficient (Wildman–Crippen LogP) is 1.83. The minimum Gasteiger partial charge on any atom is -0.361 e. The first-order valence-corrected chi connectivity index (χ1v) is 9.04. The second kappa shape index (κ2) is 7.06. The average molecular weight is 348 g/mol. The fourth-order valence-corrected chi connectivity index (χ4v) is 4.06. The number of fused-ring (bicyclic) bond motifs is 4. The molecule has 0 aliphatic carbocycles. The molecule has 2 atom stereocenters. The number of carbonyl (C=O) groups excluding carboxylic acids is 2. The van der Waals surface area contributed by atoms with Crippen LogP contribution in [0.25, 0.3) is 0 Å². The zero-order valence-corrected chi connectivity index (χ0v) is 15.6. The second-order valence-electron chi connectivity index (χ2n) is 7.53. The van der Waals surface area contributed by atoms with E-state index in [2.05, 4.69) is 5.16 Å². The lowest BCUT2D eigenvalue weighted by molar-refractivity contribution is -0.135. The van der Waals surface area contributed by atoms with Gasteiger partial charge in [-0.1, -0.05) is 5.16 Å². The van der Waals surface area contributed by atoms with E-state index in [0.717, 1.165) is 42.9 Å². The van der Waals surface area contributed by atoms with Crippen molar-refractivity contribution in [2.24, 2.45) is 5.92 Å². The molecule has 0 aromatic carbocycles. The monoisotopic (exact) mass is 348 g/mol. The normalized spacial score (nSPS) is 22.9. The highest BCUT2D eigenvalue weighted by Gasteiger charge is 2.38. The van der Waals surface area contributed by atoms with E-state index in [4.69, 9.17) is 4.52 Å². The number of carbonyl (C=O) groups is 2. The first-order chi connectivity index (χ1) is 11.9. The van der Waals surface area contributed by atoms with Crippen LogP contribution in [0.15, 0.2) is 4.52 Å². The maximum Gasteiger partial charge on any atom is 0.319 e. The lowest BCUT2D eigenvalue weighted by atomic mass is 9.94. The summed E-state index contributed by atoms with van der Waals surface area (Å²) >= 11 is 0. The van der Waals surface area contributed by atoms with E-state index >= 15 is 0 Å². The molecule has 3 amide bonds. The average Bonchev–Trinajstić information content (AvgIpc) is 2.77. The smallest absolute Gasteiger partial charge is 0.319 e. The van der Waals surface area contributed by atoms with Gasteiger partial charge in [-0.2, -0.15) is 0 Å². The molecule has 2 bridgehead atoms. The Morgan fingerprint density at radius 3 is 2.60 bits per heavy atom. The molecule has 3 saturated heterocycles. The lowest BCUT2D eigenvalue weighted by Crippen LogP contribution is -2.48. The Morgan fingerprint density at radius 2 is 1.96 bits per heavy atom. The summed E-state index contributed by atoms with van der Waals surface area (Å²) in [7, 11) is 3.56. The van der Waals surface area contributed by atoms with Gasteiger partial charge in [0.25, 0.3) is 0 Å². The van der Waals surface area contributed by atoms with Crippen LogP contribution in [0.3, 0.4) is 0 Å². The Morgan fingerprint density at radius 1 is 1.20 bits per heavy atom. The van der Waals surface area contributed by atoms with Crippen molar-refractivity contribution >= 4 is 11.9 Å². The summed E-state index contributed by atoms with van der Waals surface area (Å²) in [5, 5.41) is 3.96. The van der Waals surface area contributed by atoms with Gasteiger partial charge in [-0.15, -0.1) is 0 Å². The summed E-state index contributed by atoms with van der Waals surface area (Å²) in [6.07, 6.45) is 3.20. The van der Waals surface area contributed by atoms with Crippen LogP contribution in [0.2, 0.25) is 0 Å². The summed E-state index contributed by atoms with van der Waals surface area (Å²) in [5.41, 5.74) is 1.91. The lowest BCUT2D eigenvalue weighted by Gasteiger charge is -2.36. The van der Waals surface area contributed by atoms with Gasteiger partial charge in [-0.05, 0) is 39.0 Å². The SMILES string of the molecule is Cc1noc(C)c1CCC(=O)N1C[C@H]2CC[C@@H]1CN(C(=O)N(C)C)C2. The third-order valence-electron chi connectivity index (χ3n) is 5.46. The van der Waals surface area contributed by atoms with Crippen LogP contribution in [0, 0.1) is 19.8 Å². The minimum absolute atomic E-state index is 0.0434. The van der Waals surface area contributed by atoms with Crippen molar-refractivity contribution in [2.75, 3.05) is 33.7 Å². The van der Waals surface area contributed by atoms with Crippen LogP contribution in [0.4, 0.5) is 4.79 Å². The van der Waals surface area contributed by atoms with E-state index in [1.54, 1.807) is 19.0 Å². The van der Waals surface area contributed by atoms with Crippen molar-refractivity contribution < 1.29 is 14.1 Å². The maximum absolute atomic E-state index is 12.8. The molecule has 3 aliphatic heterocycles. The quantitative estimate of drug-likeness (QED) is 0.836. The number of hydrogen-bond acceptors (Lipinski definition) is 4. The van der Waals surface area contributed by atoms with Crippen LogP contribution in [-0.4, -0.2) is 71.6 Å². The Balaban J connectivity index is 1.65. The van der Waals surface area contributed by atoms with Gasteiger partial charge < -0.3 is 19.2 Å². The Bertz CT molecular complexity index is 635. The van der Waals surface area contributed by atoms with Gasteiger partial charge in [0.05, 0.1) is 5.69 Å². The molecule has 4 heterocycles. The summed E-state index contributed by atoms with van der Waals surface area (Å²) in [4.78, 5) is 30.7. The van der Waals surface area contributed by atoms with Gasteiger partial charge in [0.15, 0.2) is 0 Å². The molecule has 3 aliphatic rings. The number of piperidine rings is 1. The second-order valence-corrected chi connectivity index (χ2v) is 7.53. The van der Waals surface area contributed by atoms with Gasteiger partial charge in [0.2, 0.25) is 5.91 Å². The largest absolute Gasteiger partial charge is 0.361 e. The third-order valence-corrected chi connectivity index (χ3v) is 5.46. The molecule has 7 heteroatoms. The molecule has 0 N–H and O–H groups in total. The van der Waals surface area contributed by atoms with E-state index in [1.165, 1.54) is 0 Å². The van der Waals surface area contributed by atoms with Crippen molar-refractivity contribution in [2.45, 2.75) is 45.6 Å². The van der Waals surface area contributed by atoms with E-state index in [0.29, 0.717) is 25.3 Å². The van der Waals surface area contributed by atoms with Crippen molar-refractivity contribution in [3.63, 3.8) is 0 Å². The molecule has 0 spiro atoms. The highest BCUT2D eigenvalue weighted by atomic mass is 16.5. The molecule has 1 aromatic rings. The van der Waals surface area contributed by atoms with E-state index in [-0.39, 0.29) is 18.0 Å². The number of nitrogens with zero attached hydrogens (tertiary/aromatic N) is 4. The number of aryl methyl sites for hydroxylation is 2. The number of aromatic nitrogens is 1. The zero-order chi connectivity index (χ0) is 18.1. The topological polar surface area (TPSA) is 69.9 Å². The minimum atomic E-state index is 0.0434. The van der Waals surface area contributed by atoms with Crippen LogP contribution in [-0.2, 0) is 11.2 Å². The van der Waals surface area contributed by atoms with E-state index < -0.39 is 0 Å². The highest BCUT2D eigenvalue weighted by molar-refractivity contribution is 5.78. The molecule has 0 radical (unpaired) electrons. The van der Waals surface area contributed by atoms with Gasteiger partial charge in [0.1, 0.15) is 5.76 Å². The van der Waals surface area contributed by atoms with E-state index in [1.807, 2.05) is 23.6 Å². The fraction of sp³-hybridized carbons (Fsp3) is 0.722. The first-order valence-electron chi connectivity index (χ1n) is 9.04. The van der Waals surface area contributed by atoms with Gasteiger partial charge in [-0.3, -0.25) is 4.79 Å². The summed E-state index contributed by atoms with van der Waals surface area (Å²) in [6, 6.07) is 0.182. The molecule has 7 nitrogen and oxygen atoms in total. The van der Waals surface area contributed by atoms with Gasteiger partial charge >= 0.3 is 6.03 Å². The van der Waals surface area contributed by atoms with Gasteiger partial charge in [-0.25, -0.2) is 4.79 Å². The highest BCUT2D eigenvalue weighted by Crippen LogP contribution is 2.29. The van der Waals surface area contributed by atoms with Crippen LogP contribution in [0.5, 0.6) is 0 Å². The standard InChI is InChI=1S/C18H28N4O3/c1-12-16(13(2)25-19-12)7-8-17(23)22-10-14-5-6-15(22)11-21(9-14)18(24)20(3)4/h14-15H,5-11H2,1-4H3/t14-,15+/m0/s1. The van der Waals surface area contributed by atoms with Gasteiger partial charge in [0, 0.05) is 51.8 Å². The Hall–Kier alpha value is -2.05. The molecular weight excluding hydrogens is 320 g/mol. The molecule has 1 aromatic heterocycles. The molecular formula is C18H28N4O3. The molecule has 0 unspecified atom stereocenters. The summed E-state index contributed by atoms with van der Waals surface area (Å²) in [5.74, 6) is 1.35. The molecule has 3 fully saturated rings. The van der Waals surface area contributed by atoms with Crippen molar-refractivity contribution in [3.05, 3.63) is 17.0 Å². The molecule has 0 saturated carbocycles. The molecule has 138 valence electrons. The fourth-order valence-electron chi connectivity index (χ4n) is 4.06. The van der Waals surface area contributed by atoms with Crippen molar-refractivity contribution in [3.8, 4) is 0 Å². The predicted molar refractivity (Wildman–Crippen MR) is 93.2 cm³/mol. The number of amides is 3. The molecule has 4 rings (SSSR count). The number of urea groups is 1. The summed E-state index contributed by atoms with van der Waals surface area (Å²) in [6.45, 7) is 5.96.